The van der Waals surface area contributed by atoms with E-state index in [1.807, 2.05) is 18.2 Å². The Balaban J connectivity index is 1.91. The predicted octanol–water partition coefficient (Wildman–Crippen LogP) is 3.61. The molecule has 0 radical (unpaired) electrons. The molecular formula is C14H9ClFN3O. The van der Waals surface area contributed by atoms with Crippen LogP contribution in [0.1, 0.15) is 10.5 Å². The van der Waals surface area contributed by atoms with Gasteiger partial charge in [-0.05, 0) is 24.3 Å². The van der Waals surface area contributed by atoms with Crippen LogP contribution in [0.25, 0.3) is 10.9 Å². The van der Waals surface area contributed by atoms with Crippen LogP contribution >= 0.6 is 11.6 Å². The second-order valence-electron chi connectivity index (χ2n) is 4.20. The summed E-state index contributed by atoms with van der Waals surface area (Å²) >= 11 is 5.59. The van der Waals surface area contributed by atoms with Gasteiger partial charge in [0.25, 0.3) is 5.91 Å². The molecule has 6 heteroatoms. The number of nitrogens with one attached hydrogen (secondary N) is 2. The third kappa shape index (κ3) is 2.23. The first-order chi connectivity index (χ1) is 9.65. The number of amides is 1. The van der Waals surface area contributed by atoms with Gasteiger partial charge in [0.15, 0.2) is 5.69 Å². The molecule has 0 atom stereocenters. The highest BCUT2D eigenvalue weighted by molar-refractivity contribution is 6.30. The summed E-state index contributed by atoms with van der Waals surface area (Å²) in [5.41, 5.74) is 1.35. The first-order valence-electron chi connectivity index (χ1n) is 5.84. The van der Waals surface area contributed by atoms with Gasteiger partial charge in [0.2, 0.25) is 0 Å². The van der Waals surface area contributed by atoms with Crippen LogP contribution in [-0.2, 0) is 0 Å². The van der Waals surface area contributed by atoms with E-state index in [4.69, 9.17) is 11.6 Å². The number of aromatic amines is 1. The average molecular weight is 290 g/mol. The first-order valence-corrected chi connectivity index (χ1v) is 6.22. The van der Waals surface area contributed by atoms with Gasteiger partial charge >= 0.3 is 0 Å². The quantitative estimate of drug-likeness (QED) is 0.757. The normalized spacial score (nSPS) is 10.7. The molecule has 20 heavy (non-hydrogen) atoms. The molecule has 1 amide bonds. The van der Waals surface area contributed by atoms with E-state index in [9.17, 15) is 9.18 Å². The van der Waals surface area contributed by atoms with Crippen LogP contribution in [0.15, 0.2) is 42.5 Å². The minimum absolute atomic E-state index is 0.00761. The molecule has 0 aliphatic carbocycles. The molecule has 0 bridgehead atoms. The Morgan fingerprint density at radius 3 is 2.85 bits per heavy atom. The van der Waals surface area contributed by atoms with Crippen molar-refractivity contribution in [1.82, 2.24) is 10.2 Å². The molecule has 0 fully saturated rings. The average Bonchev–Trinajstić information content (AvgIpc) is 2.87. The van der Waals surface area contributed by atoms with E-state index in [-0.39, 0.29) is 10.7 Å². The number of aromatic nitrogens is 2. The van der Waals surface area contributed by atoms with Crippen molar-refractivity contribution in [2.45, 2.75) is 0 Å². The Kier molecular flexibility index (Phi) is 3.12. The van der Waals surface area contributed by atoms with Crippen molar-refractivity contribution >= 4 is 34.1 Å². The molecule has 0 saturated carbocycles. The minimum Gasteiger partial charge on any atom is -0.320 e. The SMILES string of the molecule is O=C(Nc1ccc(Cl)c(F)c1)c1n[nH]c2ccccc12. The van der Waals surface area contributed by atoms with E-state index < -0.39 is 11.7 Å². The zero-order valence-corrected chi connectivity index (χ0v) is 10.9. The molecule has 0 spiro atoms. The van der Waals surface area contributed by atoms with Crippen LogP contribution < -0.4 is 5.32 Å². The molecule has 0 saturated heterocycles. The molecule has 1 heterocycles. The fourth-order valence-corrected chi connectivity index (χ4v) is 2.02. The van der Waals surface area contributed by atoms with Crippen LogP contribution in [-0.4, -0.2) is 16.1 Å². The monoisotopic (exact) mass is 289 g/mol. The van der Waals surface area contributed by atoms with Crippen LogP contribution in [0, 0.1) is 5.82 Å². The predicted molar refractivity (Wildman–Crippen MR) is 75.5 cm³/mol. The highest BCUT2D eigenvalue weighted by Gasteiger charge is 2.14. The largest absolute Gasteiger partial charge is 0.320 e. The fraction of sp³-hybridized carbons (Fsp3) is 0. The standard InChI is InChI=1S/C14H9ClFN3O/c15-10-6-5-8(7-11(10)16)17-14(20)13-9-3-1-2-4-12(9)18-19-13/h1-7H,(H,17,20)(H,18,19). The number of halogens is 2. The Bertz CT molecular complexity index is 800. The number of carbonyl (C=O) groups excluding carboxylic acids is 1. The topological polar surface area (TPSA) is 57.8 Å². The van der Waals surface area contributed by atoms with Crippen molar-refractivity contribution in [3.63, 3.8) is 0 Å². The summed E-state index contributed by atoms with van der Waals surface area (Å²) in [6.07, 6.45) is 0. The summed E-state index contributed by atoms with van der Waals surface area (Å²) in [5, 5.41) is 10.0. The molecular weight excluding hydrogens is 281 g/mol. The van der Waals surface area contributed by atoms with E-state index >= 15 is 0 Å². The summed E-state index contributed by atoms with van der Waals surface area (Å²) in [6.45, 7) is 0. The molecule has 0 aliphatic heterocycles. The lowest BCUT2D eigenvalue weighted by molar-refractivity contribution is 0.102. The zero-order valence-electron chi connectivity index (χ0n) is 10.2. The summed E-state index contributed by atoms with van der Waals surface area (Å²) < 4.78 is 13.3. The molecule has 0 aliphatic rings. The number of benzene rings is 2. The van der Waals surface area contributed by atoms with Gasteiger partial charge in [0, 0.05) is 11.1 Å². The fourth-order valence-electron chi connectivity index (χ4n) is 1.90. The third-order valence-corrected chi connectivity index (χ3v) is 3.17. The number of hydrogen-bond donors (Lipinski definition) is 2. The summed E-state index contributed by atoms with van der Waals surface area (Å²) in [4.78, 5) is 12.1. The first kappa shape index (κ1) is 12.6. The van der Waals surface area contributed by atoms with Gasteiger partial charge in [-0.3, -0.25) is 9.89 Å². The van der Waals surface area contributed by atoms with Gasteiger partial charge in [0.05, 0.1) is 10.5 Å². The number of rotatable bonds is 2. The van der Waals surface area contributed by atoms with Crippen molar-refractivity contribution in [1.29, 1.82) is 0 Å². The van der Waals surface area contributed by atoms with Gasteiger partial charge < -0.3 is 5.32 Å². The van der Waals surface area contributed by atoms with Gasteiger partial charge in [-0.25, -0.2) is 4.39 Å². The lowest BCUT2D eigenvalue weighted by Gasteiger charge is -2.04. The van der Waals surface area contributed by atoms with Crippen LogP contribution in [0.2, 0.25) is 5.02 Å². The van der Waals surface area contributed by atoms with Crippen LogP contribution in [0.4, 0.5) is 10.1 Å². The lowest BCUT2D eigenvalue weighted by atomic mass is 10.2. The maximum Gasteiger partial charge on any atom is 0.276 e. The second kappa shape index (κ2) is 4.94. The Labute approximate surface area is 118 Å². The van der Waals surface area contributed by atoms with Crippen molar-refractivity contribution in [3.8, 4) is 0 Å². The van der Waals surface area contributed by atoms with Crippen LogP contribution in [0.5, 0.6) is 0 Å². The summed E-state index contributed by atoms with van der Waals surface area (Å²) in [7, 11) is 0. The number of anilines is 1. The Morgan fingerprint density at radius 2 is 2.05 bits per heavy atom. The van der Waals surface area contributed by atoms with Gasteiger partial charge in [0.1, 0.15) is 5.82 Å². The summed E-state index contributed by atoms with van der Waals surface area (Å²) in [6, 6.07) is 11.3. The smallest absolute Gasteiger partial charge is 0.276 e. The summed E-state index contributed by atoms with van der Waals surface area (Å²) in [5.74, 6) is -1.000. The van der Waals surface area contributed by atoms with E-state index in [0.717, 1.165) is 11.6 Å². The number of carbonyl (C=O) groups is 1. The number of H-pyrrole nitrogens is 1. The molecule has 1 aromatic heterocycles. The van der Waals surface area contributed by atoms with Gasteiger partial charge in [-0.1, -0.05) is 29.8 Å². The van der Waals surface area contributed by atoms with Gasteiger partial charge in [-0.15, -0.1) is 0 Å². The number of fused-ring (bicyclic) bond motifs is 1. The maximum atomic E-state index is 13.3. The van der Waals surface area contributed by atoms with E-state index in [1.165, 1.54) is 12.1 Å². The van der Waals surface area contributed by atoms with E-state index in [1.54, 1.807) is 6.07 Å². The molecule has 3 rings (SSSR count). The van der Waals surface area contributed by atoms with Crippen molar-refractivity contribution in [3.05, 3.63) is 59.0 Å². The van der Waals surface area contributed by atoms with E-state index in [0.29, 0.717) is 11.1 Å². The van der Waals surface area contributed by atoms with Crippen LogP contribution in [0.3, 0.4) is 0 Å². The number of para-hydroxylation sites is 1. The van der Waals surface area contributed by atoms with Crippen molar-refractivity contribution in [2.24, 2.45) is 0 Å². The Morgan fingerprint density at radius 1 is 1.25 bits per heavy atom. The molecule has 2 N–H and O–H groups in total. The maximum absolute atomic E-state index is 13.3. The molecule has 0 unspecified atom stereocenters. The van der Waals surface area contributed by atoms with Gasteiger partial charge in [-0.2, -0.15) is 5.10 Å². The Hall–Kier alpha value is -2.40. The number of hydrogen-bond acceptors (Lipinski definition) is 2. The lowest BCUT2D eigenvalue weighted by Crippen LogP contribution is -2.12. The molecule has 100 valence electrons. The van der Waals surface area contributed by atoms with Crippen molar-refractivity contribution in [2.75, 3.05) is 5.32 Å². The second-order valence-corrected chi connectivity index (χ2v) is 4.61. The highest BCUT2D eigenvalue weighted by Crippen LogP contribution is 2.20. The minimum atomic E-state index is -0.587. The van der Waals surface area contributed by atoms with Crippen molar-refractivity contribution < 1.29 is 9.18 Å². The molecule has 2 aromatic carbocycles. The highest BCUT2D eigenvalue weighted by atomic mass is 35.5. The zero-order chi connectivity index (χ0) is 14.1. The molecule has 4 nitrogen and oxygen atoms in total. The molecule has 3 aromatic rings. The number of nitrogens with zero attached hydrogens (tertiary/aromatic N) is 1. The van der Waals surface area contributed by atoms with E-state index in [2.05, 4.69) is 15.5 Å². The third-order valence-electron chi connectivity index (χ3n) is 2.86.